The van der Waals surface area contributed by atoms with E-state index in [0.717, 1.165) is 28.1 Å². The number of amides is 1. The highest BCUT2D eigenvalue weighted by Gasteiger charge is 2.34. The number of halogens is 3. The molecule has 1 aliphatic heterocycles. The Hall–Kier alpha value is -2.59. The van der Waals surface area contributed by atoms with E-state index in [-0.39, 0.29) is 44.6 Å². The lowest BCUT2D eigenvalue weighted by atomic mass is 10.1. The molecule has 0 N–H and O–H groups in total. The fourth-order valence-electron chi connectivity index (χ4n) is 3.45. The molecule has 1 aliphatic rings. The van der Waals surface area contributed by atoms with Gasteiger partial charge in [-0.2, -0.15) is 17.5 Å². The molecule has 0 unspecified atom stereocenters. The second-order valence-corrected chi connectivity index (χ2v) is 9.74. The minimum atomic E-state index is -4.63. The van der Waals surface area contributed by atoms with Crippen LogP contribution >= 0.6 is 0 Å². The zero-order valence-electron chi connectivity index (χ0n) is 17.8. The molecule has 0 radical (unpaired) electrons. The van der Waals surface area contributed by atoms with Gasteiger partial charge in [-0.15, -0.1) is 0 Å². The summed E-state index contributed by atoms with van der Waals surface area (Å²) in [5.41, 5.74) is -0.233. The summed E-state index contributed by atoms with van der Waals surface area (Å²) < 4.78 is 71.2. The number of piperazine rings is 1. The lowest BCUT2D eigenvalue weighted by Crippen LogP contribution is -2.50. The maximum atomic E-state index is 12.9. The number of rotatable bonds is 6. The molecule has 10 heteroatoms. The second kappa shape index (κ2) is 9.50. The third-order valence-electron chi connectivity index (χ3n) is 5.02. The number of carbonyl (C=O) groups is 1. The first kappa shape index (κ1) is 24.1. The molecular weight excluding hydrogens is 445 g/mol. The number of carbonyl (C=O) groups excluding carboxylic acids is 1. The van der Waals surface area contributed by atoms with Crippen LogP contribution in [0.1, 0.15) is 25.0 Å². The van der Waals surface area contributed by atoms with Gasteiger partial charge in [0.1, 0.15) is 5.75 Å². The minimum absolute atomic E-state index is 0.00723. The summed E-state index contributed by atoms with van der Waals surface area (Å²) in [5.74, 6) is 0.519. The number of hydrogen-bond acceptors (Lipinski definition) is 4. The summed E-state index contributed by atoms with van der Waals surface area (Å²) in [6.45, 7) is 4.18. The first-order valence-electron chi connectivity index (χ1n) is 10.2. The Morgan fingerprint density at radius 3 is 2.31 bits per heavy atom. The molecule has 2 aromatic carbocycles. The average molecular weight is 471 g/mol. The van der Waals surface area contributed by atoms with E-state index in [0.29, 0.717) is 11.8 Å². The molecule has 0 aliphatic carbocycles. The molecule has 6 nitrogen and oxygen atoms in total. The van der Waals surface area contributed by atoms with Crippen molar-refractivity contribution >= 4 is 15.9 Å². The van der Waals surface area contributed by atoms with Crippen LogP contribution in [-0.4, -0.2) is 55.8 Å². The van der Waals surface area contributed by atoms with Crippen molar-refractivity contribution in [1.82, 2.24) is 9.21 Å². The van der Waals surface area contributed by atoms with Crippen molar-refractivity contribution < 1.29 is 31.1 Å². The van der Waals surface area contributed by atoms with Crippen LogP contribution in [0.5, 0.6) is 5.75 Å². The van der Waals surface area contributed by atoms with Crippen LogP contribution in [0.4, 0.5) is 13.2 Å². The monoisotopic (exact) mass is 470 g/mol. The van der Waals surface area contributed by atoms with Crippen molar-refractivity contribution in [3.8, 4) is 5.75 Å². The topological polar surface area (TPSA) is 66.9 Å². The van der Waals surface area contributed by atoms with Gasteiger partial charge in [-0.05, 0) is 49.7 Å². The van der Waals surface area contributed by atoms with E-state index < -0.39 is 26.7 Å². The molecule has 1 amide bonds. The summed E-state index contributed by atoms with van der Waals surface area (Å²) in [6, 6.07) is 10.9. The molecule has 32 heavy (non-hydrogen) atoms. The summed E-state index contributed by atoms with van der Waals surface area (Å²) in [4.78, 5) is 13.8. The van der Waals surface area contributed by atoms with Crippen LogP contribution in [0.2, 0.25) is 0 Å². The number of nitrogens with zero attached hydrogens (tertiary/aromatic N) is 2. The molecule has 1 heterocycles. The number of sulfonamides is 1. The average Bonchev–Trinajstić information content (AvgIpc) is 2.73. The van der Waals surface area contributed by atoms with Crippen molar-refractivity contribution in [3.63, 3.8) is 0 Å². The molecule has 3 rings (SSSR count). The van der Waals surface area contributed by atoms with Crippen molar-refractivity contribution in [3.05, 3.63) is 59.7 Å². The third kappa shape index (κ3) is 5.80. The van der Waals surface area contributed by atoms with E-state index in [1.165, 1.54) is 0 Å². The number of benzene rings is 2. The normalized spacial score (nSPS) is 15.8. The van der Waals surface area contributed by atoms with Gasteiger partial charge in [0.05, 0.1) is 23.0 Å². The lowest BCUT2D eigenvalue weighted by molar-refractivity contribution is -0.137. The van der Waals surface area contributed by atoms with E-state index in [1.54, 1.807) is 17.0 Å². The number of hydrogen-bond donors (Lipinski definition) is 0. The lowest BCUT2D eigenvalue weighted by Gasteiger charge is -2.34. The van der Waals surface area contributed by atoms with E-state index in [9.17, 15) is 26.4 Å². The zero-order chi connectivity index (χ0) is 23.5. The molecule has 0 atom stereocenters. The Morgan fingerprint density at radius 2 is 1.69 bits per heavy atom. The molecule has 2 aromatic rings. The predicted octanol–water partition coefficient (Wildman–Crippen LogP) is 3.57. The quantitative estimate of drug-likeness (QED) is 0.648. The summed E-state index contributed by atoms with van der Waals surface area (Å²) in [6.07, 6.45) is -4.48. The molecule has 0 spiro atoms. The van der Waals surface area contributed by atoms with Gasteiger partial charge in [-0.25, -0.2) is 8.42 Å². The highest BCUT2D eigenvalue weighted by molar-refractivity contribution is 7.89. The van der Waals surface area contributed by atoms with E-state index in [2.05, 4.69) is 0 Å². The zero-order valence-corrected chi connectivity index (χ0v) is 18.6. The number of alkyl halides is 3. The largest absolute Gasteiger partial charge is 0.491 e. The van der Waals surface area contributed by atoms with Crippen LogP contribution in [0.25, 0.3) is 0 Å². The van der Waals surface area contributed by atoms with Gasteiger partial charge in [-0.1, -0.05) is 18.2 Å². The van der Waals surface area contributed by atoms with Gasteiger partial charge in [-0.3, -0.25) is 4.79 Å². The Balaban J connectivity index is 1.63. The smallest absolute Gasteiger partial charge is 0.416 e. The van der Waals surface area contributed by atoms with E-state index in [4.69, 9.17) is 4.74 Å². The minimum Gasteiger partial charge on any atom is -0.491 e. The second-order valence-electron chi connectivity index (χ2n) is 7.80. The first-order chi connectivity index (χ1) is 15.0. The molecule has 1 saturated heterocycles. The van der Waals surface area contributed by atoms with Crippen molar-refractivity contribution in [2.45, 2.75) is 37.4 Å². The van der Waals surface area contributed by atoms with Gasteiger partial charge in [0.15, 0.2) is 0 Å². The van der Waals surface area contributed by atoms with Crippen LogP contribution in [0.3, 0.4) is 0 Å². The Labute approximate surface area is 185 Å². The van der Waals surface area contributed by atoms with Gasteiger partial charge in [0.25, 0.3) is 0 Å². The van der Waals surface area contributed by atoms with Crippen LogP contribution < -0.4 is 4.74 Å². The third-order valence-corrected chi connectivity index (χ3v) is 6.91. The molecule has 174 valence electrons. The fraction of sp³-hybridized carbons (Fsp3) is 0.409. The maximum absolute atomic E-state index is 12.9. The summed E-state index contributed by atoms with van der Waals surface area (Å²) in [5, 5.41) is 0. The fourth-order valence-corrected chi connectivity index (χ4v) is 4.92. The molecule has 0 saturated carbocycles. The van der Waals surface area contributed by atoms with Crippen molar-refractivity contribution in [2.75, 3.05) is 26.2 Å². The molecular formula is C22H25F3N2O4S. The maximum Gasteiger partial charge on any atom is 0.416 e. The van der Waals surface area contributed by atoms with Crippen molar-refractivity contribution in [1.29, 1.82) is 0 Å². The number of ether oxygens (including phenoxy) is 1. The molecule has 0 aromatic heterocycles. The SMILES string of the molecule is CC(C)Oc1cccc(CC(=O)N2CCN(S(=O)(=O)c3cccc(C(F)(F)F)c3)CC2)c1. The van der Waals surface area contributed by atoms with Gasteiger partial charge in [0.2, 0.25) is 15.9 Å². The predicted molar refractivity (Wildman–Crippen MR) is 113 cm³/mol. The summed E-state index contributed by atoms with van der Waals surface area (Å²) >= 11 is 0. The van der Waals surface area contributed by atoms with Gasteiger partial charge < -0.3 is 9.64 Å². The highest BCUT2D eigenvalue weighted by Crippen LogP contribution is 2.31. The Bertz CT molecular complexity index is 1060. The van der Waals surface area contributed by atoms with E-state index >= 15 is 0 Å². The van der Waals surface area contributed by atoms with Crippen LogP contribution in [-0.2, 0) is 27.4 Å². The molecule has 1 fully saturated rings. The van der Waals surface area contributed by atoms with Crippen molar-refractivity contribution in [2.24, 2.45) is 0 Å². The van der Waals surface area contributed by atoms with Gasteiger partial charge >= 0.3 is 6.18 Å². The first-order valence-corrected chi connectivity index (χ1v) is 11.6. The van der Waals surface area contributed by atoms with Crippen LogP contribution in [0, 0.1) is 0 Å². The highest BCUT2D eigenvalue weighted by atomic mass is 32.2. The summed E-state index contributed by atoms with van der Waals surface area (Å²) in [7, 11) is -4.09. The Morgan fingerprint density at radius 1 is 1.03 bits per heavy atom. The van der Waals surface area contributed by atoms with Gasteiger partial charge in [0, 0.05) is 26.2 Å². The Kier molecular flexibility index (Phi) is 7.14. The molecule has 0 bridgehead atoms. The standard InChI is InChI=1S/C22H25F3N2O4S/c1-16(2)31-19-7-3-5-17(13-19)14-21(28)26-9-11-27(12-10-26)32(29,30)20-8-4-6-18(15-20)22(23,24)25/h3-8,13,15-16H,9-12,14H2,1-2H3. The van der Waals surface area contributed by atoms with Crippen LogP contribution in [0.15, 0.2) is 53.4 Å². The van der Waals surface area contributed by atoms with E-state index in [1.807, 2.05) is 26.0 Å².